The van der Waals surface area contributed by atoms with E-state index in [1.165, 1.54) is 30.6 Å². The van der Waals surface area contributed by atoms with Gasteiger partial charge in [-0.05, 0) is 62.4 Å². The summed E-state index contributed by atoms with van der Waals surface area (Å²) in [6, 6.07) is 9.29. The summed E-state index contributed by atoms with van der Waals surface area (Å²) in [5.74, 6) is -5.42. The summed E-state index contributed by atoms with van der Waals surface area (Å²) in [4.78, 5) is 36.6. The van der Waals surface area contributed by atoms with E-state index in [4.69, 9.17) is 33.7 Å². The molecule has 2 aliphatic rings. The Kier molecular flexibility index (Phi) is 10.3. The van der Waals surface area contributed by atoms with Crippen molar-refractivity contribution in [2.75, 3.05) is 6.61 Å². The number of aliphatic imine (C=N–C) groups is 1. The van der Waals surface area contributed by atoms with Crippen molar-refractivity contribution < 1.29 is 45.4 Å². The Morgan fingerprint density at radius 3 is 2.35 bits per heavy atom. The lowest BCUT2D eigenvalue weighted by Gasteiger charge is -2.34. The summed E-state index contributed by atoms with van der Waals surface area (Å²) < 4.78 is 89.3. The number of H-pyrrole nitrogens is 1. The standard InChI is InChI=1S/C35H34Cl2F6N8O3/c1-32(2,37)17-35(22-7-4-19(5-8-22)21-14-46-49(15-21)29(38)39)28(53)50(31(44)48-35)25(16-54-26(52)13-34(10-11-34)33(3,42)43)20-6-9-24(36)23(12-20)27-45-18-47-51(27)30(40)41/h4-9,12,14-15,18,25,29-30H,10-11,13,16-17H2,1-3H3,(H2,44,48)/p+1/t25-,35-/m1/s1. The zero-order valence-electron chi connectivity index (χ0n) is 29.1. The number of alkyl halides is 7. The normalized spacial score (nSPS) is 19.1. The molecule has 0 bridgehead atoms. The lowest BCUT2D eigenvalue weighted by atomic mass is 9.81. The van der Waals surface area contributed by atoms with Crippen LogP contribution in [0.4, 0.5) is 26.3 Å². The molecule has 3 heterocycles. The molecule has 0 radical (unpaired) electrons. The summed E-state index contributed by atoms with van der Waals surface area (Å²) in [6.07, 6.45) is 3.08. The van der Waals surface area contributed by atoms with Gasteiger partial charge >= 0.3 is 19.1 Å². The van der Waals surface area contributed by atoms with Gasteiger partial charge in [0.1, 0.15) is 12.9 Å². The highest BCUT2D eigenvalue weighted by Gasteiger charge is 2.60. The van der Waals surface area contributed by atoms with Crippen molar-refractivity contribution in [2.24, 2.45) is 16.1 Å². The SMILES string of the molecule is CC(C)(Cl)C[C@]1(c2ccc(-c3c[nH][n+](C(F)F)c3)cc2)N=C(N)N([C@H](COC(=O)CC2(C(C)(F)F)CC2)c2ccc(Cl)c(-c3ncnn3C(F)F)c2)C1=O. The van der Waals surface area contributed by atoms with Crippen LogP contribution in [0.3, 0.4) is 0 Å². The number of aromatic amines is 1. The average Bonchev–Trinajstić information content (AvgIpc) is 3.40. The van der Waals surface area contributed by atoms with Crippen LogP contribution in [0, 0.1) is 5.41 Å². The van der Waals surface area contributed by atoms with Crippen LogP contribution in [0.25, 0.3) is 22.5 Å². The number of guanidine groups is 1. The number of carbonyl (C=O) groups excluding carboxylic acids is 2. The van der Waals surface area contributed by atoms with Crippen LogP contribution in [-0.4, -0.2) is 60.0 Å². The van der Waals surface area contributed by atoms with Gasteiger partial charge in [-0.25, -0.2) is 18.8 Å². The number of aromatic nitrogens is 5. The Balaban J connectivity index is 1.40. The second kappa shape index (κ2) is 14.2. The molecule has 4 aromatic rings. The van der Waals surface area contributed by atoms with Crippen LogP contribution in [0.2, 0.25) is 5.02 Å². The van der Waals surface area contributed by atoms with Gasteiger partial charge in [-0.3, -0.25) is 14.5 Å². The van der Waals surface area contributed by atoms with Gasteiger partial charge in [0.15, 0.2) is 17.3 Å². The molecule has 2 atom stereocenters. The first-order valence-corrected chi connectivity index (χ1v) is 17.4. The molecule has 54 heavy (non-hydrogen) atoms. The van der Waals surface area contributed by atoms with Crippen LogP contribution < -0.4 is 10.4 Å². The van der Waals surface area contributed by atoms with E-state index in [0.717, 1.165) is 18.2 Å². The van der Waals surface area contributed by atoms with Gasteiger partial charge in [0.05, 0.1) is 29.2 Å². The monoisotopic (exact) mass is 799 g/mol. The summed E-state index contributed by atoms with van der Waals surface area (Å²) in [7, 11) is 0. The van der Waals surface area contributed by atoms with E-state index in [9.17, 15) is 35.9 Å². The Bertz CT molecular complexity index is 2080. The fraction of sp³-hybridized carbons (Fsp3) is 0.429. The molecule has 1 aliphatic carbocycles. The quantitative estimate of drug-likeness (QED) is 0.0586. The number of amides is 1. The minimum Gasteiger partial charge on any atom is -0.463 e. The molecule has 0 unspecified atom stereocenters. The topological polar surface area (TPSA) is 135 Å². The second-order valence-electron chi connectivity index (χ2n) is 14.1. The van der Waals surface area contributed by atoms with E-state index in [-0.39, 0.29) is 47.2 Å². The molecule has 1 amide bonds. The molecule has 288 valence electrons. The van der Waals surface area contributed by atoms with E-state index in [1.54, 1.807) is 38.1 Å². The first-order chi connectivity index (χ1) is 25.2. The minimum atomic E-state index is -3.15. The third-order valence-corrected chi connectivity index (χ3v) is 10.2. The highest BCUT2D eigenvalue weighted by molar-refractivity contribution is 6.33. The first kappa shape index (κ1) is 39.1. The molecule has 1 fully saturated rings. The van der Waals surface area contributed by atoms with Gasteiger partial charge in [0.25, 0.3) is 11.8 Å². The van der Waals surface area contributed by atoms with Crippen molar-refractivity contribution in [3.05, 3.63) is 77.3 Å². The van der Waals surface area contributed by atoms with Crippen LogP contribution >= 0.6 is 23.2 Å². The lowest BCUT2D eigenvalue weighted by molar-refractivity contribution is -0.818. The first-order valence-electron chi connectivity index (χ1n) is 16.6. The van der Waals surface area contributed by atoms with Gasteiger partial charge in [0, 0.05) is 22.3 Å². The fourth-order valence-electron chi connectivity index (χ4n) is 6.74. The summed E-state index contributed by atoms with van der Waals surface area (Å²) in [5.41, 5.74) is 4.72. The van der Waals surface area contributed by atoms with Gasteiger partial charge in [-0.1, -0.05) is 46.6 Å². The molecular formula is C35H35Cl2F6N8O3+. The number of nitrogens with one attached hydrogen (secondary N) is 1. The smallest absolute Gasteiger partial charge is 0.463 e. The van der Waals surface area contributed by atoms with Gasteiger partial charge in [0.2, 0.25) is 6.20 Å². The summed E-state index contributed by atoms with van der Waals surface area (Å²) in [5, 5.41) is 6.01. The lowest BCUT2D eigenvalue weighted by Crippen LogP contribution is -2.47. The maximum absolute atomic E-state index is 14.9. The Morgan fingerprint density at radius 1 is 1.09 bits per heavy atom. The number of hydrogen-bond acceptors (Lipinski definition) is 7. The molecule has 1 aliphatic heterocycles. The number of ether oxygens (including phenoxy) is 1. The molecule has 2 aromatic heterocycles. The number of nitrogens with two attached hydrogens (primary N) is 1. The number of esters is 1. The van der Waals surface area contributed by atoms with E-state index in [0.29, 0.717) is 26.1 Å². The van der Waals surface area contributed by atoms with Crippen molar-refractivity contribution in [3.63, 3.8) is 0 Å². The highest BCUT2D eigenvalue weighted by atomic mass is 35.5. The average molecular weight is 801 g/mol. The van der Waals surface area contributed by atoms with Crippen LogP contribution in [0.1, 0.15) is 76.7 Å². The van der Waals surface area contributed by atoms with Crippen LogP contribution in [-0.2, 0) is 19.9 Å². The van der Waals surface area contributed by atoms with Crippen molar-refractivity contribution in [1.29, 1.82) is 0 Å². The number of hydrogen-bond donors (Lipinski definition) is 2. The molecule has 0 spiro atoms. The van der Waals surface area contributed by atoms with E-state index in [2.05, 4.69) is 20.2 Å². The molecule has 11 nitrogen and oxygen atoms in total. The predicted molar refractivity (Wildman–Crippen MR) is 185 cm³/mol. The van der Waals surface area contributed by atoms with Gasteiger partial charge in [-0.15, -0.1) is 20.4 Å². The largest absolute Gasteiger partial charge is 0.472 e. The summed E-state index contributed by atoms with van der Waals surface area (Å²) in [6.45, 7) is -2.41. The Hall–Kier alpha value is -4.64. The number of nitrogens with zero attached hydrogens (tertiary/aromatic N) is 6. The predicted octanol–water partition coefficient (Wildman–Crippen LogP) is 7.54. The Labute approximate surface area is 315 Å². The molecule has 0 saturated heterocycles. The molecule has 2 aromatic carbocycles. The molecule has 1 saturated carbocycles. The van der Waals surface area contributed by atoms with Crippen LogP contribution in [0.15, 0.2) is 66.2 Å². The minimum absolute atomic E-state index is 0.000506. The number of carbonyl (C=O) groups is 2. The zero-order valence-corrected chi connectivity index (χ0v) is 30.6. The van der Waals surface area contributed by atoms with Crippen molar-refractivity contribution in [3.8, 4) is 22.5 Å². The molecule has 3 N–H and O–H groups in total. The Morgan fingerprint density at radius 2 is 1.78 bits per heavy atom. The molecule has 19 heteroatoms. The zero-order chi connectivity index (χ0) is 39.4. The third-order valence-electron chi connectivity index (χ3n) is 9.71. The number of benzene rings is 2. The van der Waals surface area contributed by atoms with E-state index in [1.807, 2.05) is 0 Å². The maximum atomic E-state index is 14.9. The van der Waals surface area contributed by atoms with Gasteiger partial charge in [-0.2, -0.15) is 23.7 Å². The van der Waals surface area contributed by atoms with E-state index >= 15 is 0 Å². The maximum Gasteiger partial charge on any atom is 0.472 e. The number of rotatable bonds is 14. The highest BCUT2D eigenvalue weighted by Crippen LogP contribution is 2.59. The molecule has 6 rings (SSSR count). The van der Waals surface area contributed by atoms with Gasteiger partial charge < -0.3 is 10.5 Å². The van der Waals surface area contributed by atoms with Crippen molar-refractivity contribution in [2.45, 2.75) is 81.9 Å². The second-order valence-corrected chi connectivity index (χ2v) is 15.5. The number of halogens is 8. The van der Waals surface area contributed by atoms with Crippen molar-refractivity contribution in [1.82, 2.24) is 24.8 Å². The fourth-order valence-corrected chi connectivity index (χ4v) is 7.14. The van der Waals surface area contributed by atoms with Crippen molar-refractivity contribution >= 4 is 41.0 Å². The third kappa shape index (κ3) is 7.52. The van der Waals surface area contributed by atoms with E-state index < -0.39 is 65.8 Å². The molecular weight excluding hydrogens is 765 g/mol. The van der Waals surface area contributed by atoms with Crippen LogP contribution in [0.5, 0.6) is 0 Å². The summed E-state index contributed by atoms with van der Waals surface area (Å²) >= 11 is 13.2.